The summed E-state index contributed by atoms with van der Waals surface area (Å²) in [6, 6.07) is 6.30. The van der Waals surface area contributed by atoms with Crippen molar-refractivity contribution in [2.24, 2.45) is 0 Å². The minimum Gasteiger partial charge on any atom is -0.462 e. The van der Waals surface area contributed by atoms with E-state index in [0.717, 1.165) is 5.76 Å². The van der Waals surface area contributed by atoms with Gasteiger partial charge in [-0.2, -0.15) is 0 Å². The van der Waals surface area contributed by atoms with Crippen LogP contribution in [0.15, 0.2) is 34.8 Å². The molecular formula is C17H14Cl3NO4. The minimum atomic E-state index is -1.04. The molecule has 1 atom stereocenters. The highest BCUT2D eigenvalue weighted by Crippen LogP contribution is 2.32. The van der Waals surface area contributed by atoms with Crippen LogP contribution in [0.2, 0.25) is 15.1 Å². The minimum absolute atomic E-state index is 0.217. The summed E-state index contributed by atoms with van der Waals surface area (Å²) in [6.45, 7) is 3.22. The zero-order valence-corrected chi connectivity index (χ0v) is 15.6. The molecule has 1 heterocycles. The summed E-state index contributed by atoms with van der Waals surface area (Å²) in [5.74, 6) is -0.0127. The highest BCUT2D eigenvalue weighted by atomic mass is 35.5. The molecule has 1 N–H and O–H groups in total. The summed E-state index contributed by atoms with van der Waals surface area (Å²) in [4.78, 5) is 23.9. The Kier molecular flexibility index (Phi) is 6.53. The number of nitrogens with one attached hydrogen (secondary N) is 1. The lowest BCUT2D eigenvalue weighted by molar-refractivity contribution is -0.148. The lowest BCUT2D eigenvalue weighted by Gasteiger charge is -2.13. The Morgan fingerprint density at radius 2 is 1.84 bits per heavy atom. The van der Waals surface area contributed by atoms with Gasteiger partial charge in [-0.05, 0) is 44.2 Å². The molecule has 5 nitrogen and oxygen atoms in total. The van der Waals surface area contributed by atoms with E-state index in [1.807, 2.05) is 0 Å². The van der Waals surface area contributed by atoms with Crippen molar-refractivity contribution in [3.05, 3.63) is 56.9 Å². The number of hydrogen-bond donors (Lipinski definition) is 1. The molecule has 25 heavy (non-hydrogen) atoms. The van der Waals surface area contributed by atoms with Gasteiger partial charge in [-0.25, -0.2) is 4.79 Å². The van der Waals surface area contributed by atoms with Crippen molar-refractivity contribution < 1.29 is 18.7 Å². The average molecular weight is 403 g/mol. The van der Waals surface area contributed by atoms with Gasteiger partial charge in [-0.15, -0.1) is 0 Å². The van der Waals surface area contributed by atoms with Gasteiger partial charge in [0.25, 0.3) is 5.91 Å². The highest BCUT2D eigenvalue weighted by molar-refractivity contribution is 6.44. The summed E-state index contributed by atoms with van der Waals surface area (Å²) in [5, 5.41) is 3.25. The van der Waals surface area contributed by atoms with E-state index < -0.39 is 18.0 Å². The zero-order valence-electron chi connectivity index (χ0n) is 13.3. The maximum atomic E-state index is 12.1. The van der Waals surface area contributed by atoms with E-state index in [1.165, 1.54) is 31.2 Å². The Morgan fingerprint density at radius 1 is 1.16 bits per heavy atom. The number of halogens is 3. The molecule has 0 aliphatic rings. The van der Waals surface area contributed by atoms with Gasteiger partial charge in [0.15, 0.2) is 6.10 Å². The normalized spacial score (nSPS) is 12.2. The average Bonchev–Trinajstić information content (AvgIpc) is 2.96. The molecule has 0 spiro atoms. The van der Waals surface area contributed by atoms with Crippen LogP contribution in [0, 0.1) is 6.92 Å². The molecule has 0 radical (unpaired) electrons. The number of carbonyl (C=O) groups is 2. The Hall–Kier alpha value is -1.95. The molecule has 0 bridgehead atoms. The van der Waals surface area contributed by atoms with Gasteiger partial charge in [0.1, 0.15) is 11.5 Å². The SMILES string of the molecule is Cc1ccc(C=CC(=O)OC(C)C(=O)Nc2cc(Cl)c(Cl)cc2Cl)o1. The number of benzene rings is 1. The van der Waals surface area contributed by atoms with Crippen molar-refractivity contribution in [2.45, 2.75) is 20.0 Å². The van der Waals surface area contributed by atoms with Crippen LogP contribution >= 0.6 is 34.8 Å². The number of esters is 1. The van der Waals surface area contributed by atoms with Gasteiger partial charge in [0.2, 0.25) is 0 Å². The quantitative estimate of drug-likeness (QED) is 0.427. The van der Waals surface area contributed by atoms with Crippen molar-refractivity contribution in [3.63, 3.8) is 0 Å². The number of carbonyl (C=O) groups excluding carboxylic acids is 2. The lowest BCUT2D eigenvalue weighted by Crippen LogP contribution is -2.29. The van der Waals surface area contributed by atoms with Gasteiger partial charge in [0.05, 0.1) is 20.8 Å². The third-order valence-corrected chi connectivity index (χ3v) is 4.11. The molecule has 0 aliphatic carbocycles. The van der Waals surface area contributed by atoms with Gasteiger partial charge < -0.3 is 14.5 Å². The molecule has 132 valence electrons. The van der Waals surface area contributed by atoms with Crippen LogP contribution in [0.1, 0.15) is 18.4 Å². The predicted octanol–water partition coefficient (Wildman–Crippen LogP) is 5.13. The van der Waals surface area contributed by atoms with Gasteiger partial charge in [-0.1, -0.05) is 34.8 Å². The second-order valence-corrected chi connectivity index (χ2v) is 6.32. The fourth-order valence-corrected chi connectivity index (χ4v) is 2.41. The second-order valence-electron chi connectivity index (χ2n) is 5.10. The number of rotatable bonds is 5. The number of ether oxygens (including phenoxy) is 1. The van der Waals surface area contributed by atoms with Crippen LogP contribution in [-0.2, 0) is 14.3 Å². The molecule has 1 aromatic carbocycles. The fraction of sp³-hybridized carbons (Fsp3) is 0.176. The van der Waals surface area contributed by atoms with E-state index in [4.69, 9.17) is 44.0 Å². The van der Waals surface area contributed by atoms with E-state index in [9.17, 15) is 9.59 Å². The number of aryl methyl sites for hydroxylation is 1. The van der Waals surface area contributed by atoms with Crippen molar-refractivity contribution in [3.8, 4) is 0 Å². The monoisotopic (exact) mass is 401 g/mol. The molecule has 2 aromatic rings. The summed E-state index contributed by atoms with van der Waals surface area (Å²) in [6.07, 6.45) is 1.59. The first kappa shape index (κ1) is 19.4. The Bertz CT molecular complexity index is 829. The van der Waals surface area contributed by atoms with Crippen LogP contribution in [0.3, 0.4) is 0 Å². The maximum Gasteiger partial charge on any atom is 0.331 e. The molecule has 8 heteroatoms. The largest absolute Gasteiger partial charge is 0.462 e. The second kappa shape index (κ2) is 8.43. The van der Waals surface area contributed by atoms with Crippen LogP contribution in [0.5, 0.6) is 0 Å². The van der Waals surface area contributed by atoms with E-state index in [0.29, 0.717) is 5.76 Å². The molecule has 0 fully saturated rings. The van der Waals surface area contributed by atoms with E-state index in [1.54, 1.807) is 19.1 Å². The third-order valence-electron chi connectivity index (χ3n) is 3.07. The van der Waals surface area contributed by atoms with Gasteiger partial charge in [-0.3, -0.25) is 4.79 Å². The summed E-state index contributed by atoms with van der Waals surface area (Å²) < 4.78 is 10.3. The van der Waals surface area contributed by atoms with E-state index >= 15 is 0 Å². The molecule has 2 rings (SSSR count). The molecule has 0 aliphatic heterocycles. The standard InChI is InChI=1S/C17H14Cl3NO4/c1-9-3-4-11(24-9)5-6-16(22)25-10(2)17(23)21-15-8-13(19)12(18)7-14(15)20/h3-8,10H,1-2H3,(H,21,23). The predicted molar refractivity (Wildman–Crippen MR) is 98.1 cm³/mol. The smallest absolute Gasteiger partial charge is 0.331 e. The topological polar surface area (TPSA) is 68.5 Å². The zero-order chi connectivity index (χ0) is 18.6. The summed E-state index contributed by atoms with van der Waals surface area (Å²) >= 11 is 17.7. The first-order valence-electron chi connectivity index (χ1n) is 7.17. The fourth-order valence-electron chi connectivity index (χ4n) is 1.81. The van der Waals surface area contributed by atoms with Gasteiger partial charge >= 0.3 is 5.97 Å². The third kappa shape index (κ3) is 5.53. The van der Waals surface area contributed by atoms with Crippen molar-refractivity contribution in [1.29, 1.82) is 0 Å². The lowest BCUT2D eigenvalue weighted by atomic mass is 10.3. The van der Waals surface area contributed by atoms with Crippen LogP contribution in [0.25, 0.3) is 6.08 Å². The van der Waals surface area contributed by atoms with Crippen LogP contribution < -0.4 is 5.32 Å². The van der Waals surface area contributed by atoms with E-state index in [2.05, 4.69) is 5.32 Å². The van der Waals surface area contributed by atoms with Crippen molar-refractivity contribution >= 4 is 58.4 Å². The highest BCUT2D eigenvalue weighted by Gasteiger charge is 2.18. The number of anilines is 1. The number of furan rings is 1. The first-order valence-corrected chi connectivity index (χ1v) is 8.30. The molecule has 1 unspecified atom stereocenters. The molecule has 0 saturated heterocycles. The molecule has 1 amide bonds. The van der Waals surface area contributed by atoms with E-state index in [-0.39, 0.29) is 20.8 Å². The first-order chi connectivity index (χ1) is 11.8. The summed E-state index contributed by atoms with van der Waals surface area (Å²) in [7, 11) is 0. The van der Waals surface area contributed by atoms with Gasteiger partial charge in [0, 0.05) is 6.08 Å². The number of amides is 1. The molecular weight excluding hydrogens is 389 g/mol. The molecule has 0 saturated carbocycles. The van der Waals surface area contributed by atoms with Crippen molar-refractivity contribution in [2.75, 3.05) is 5.32 Å². The Balaban J connectivity index is 1.94. The van der Waals surface area contributed by atoms with Crippen LogP contribution in [0.4, 0.5) is 5.69 Å². The Morgan fingerprint density at radius 3 is 2.48 bits per heavy atom. The summed E-state index contributed by atoms with van der Waals surface area (Å²) in [5.41, 5.74) is 0.269. The van der Waals surface area contributed by atoms with Crippen LogP contribution in [-0.4, -0.2) is 18.0 Å². The number of hydrogen-bond acceptors (Lipinski definition) is 4. The molecule has 1 aromatic heterocycles. The maximum absolute atomic E-state index is 12.1. The van der Waals surface area contributed by atoms with Crippen molar-refractivity contribution in [1.82, 2.24) is 0 Å². The Labute approximate surface area is 159 Å².